The number of nitrogens with zero attached hydrogens (tertiary/aromatic N) is 2. The van der Waals surface area contributed by atoms with Gasteiger partial charge in [-0.3, -0.25) is 4.79 Å². The van der Waals surface area contributed by atoms with Crippen molar-refractivity contribution >= 4 is 22.8 Å². The van der Waals surface area contributed by atoms with Crippen molar-refractivity contribution in [1.29, 1.82) is 0 Å². The van der Waals surface area contributed by atoms with Gasteiger partial charge in [-0.2, -0.15) is 4.98 Å². The highest BCUT2D eigenvalue weighted by Crippen LogP contribution is 2.20. The van der Waals surface area contributed by atoms with Crippen molar-refractivity contribution in [1.82, 2.24) is 15.0 Å². The number of nitrogens with one attached hydrogen (secondary N) is 1. The second kappa shape index (κ2) is 3.96. The Hall–Kier alpha value is -2.14. The summed E-state index contributed by atoms with van der Waals surface area (Å²) >= 11 is 5.90. The third-order valence-corrected chi connectivity index (χ3v) is 2.71. The van der Waals surface area contributed by atoms with E-state index in [1.165, 1.54) is 0 Å². The number of fused-ring (bicyclic) bond motifs is 1. The van der Waals surface area contributed by atoms with Crippen molar-refractivity contribution in [3.05, 3.63) is 45.5 Å². The summed E-state index contributed by atoms with van der Waals surface area (Å²) in [7, 11) is 0. The first-order chi connectivity index (χ1) is 8.63. The number of aromatic nitrogens is 3. The van der Waals surface area contributed by atoms with Gasteiger partial charge in [0.25, 0.3) is 11.3 Å². The summed E-state index contributed by atoms with van der Waals surface area (Å²) in [4.78, 5) is 22.7. The fraction of sp³-hybridized carbons (Fsp3) is 0.0833. The maximum atomic E-state index is 11.8. The maximum absolute atomic E-state index is 11.8. The quantitative estimate of drug-likeness (QED) is 0.731. The predicted molar refractivity (Wildman–Crippen MR) is 67.6 cm³/mol. The number of rotatable bonds is 1. The van der Waals surface area contributed by atoms with Crippen molar-refractivity contribution in [2.45, 2.75) is 6.92 Å². The molecule has 18 heavy (non-hydrogen) atoms. The third-order valence-electron chi connectivity index (χ3n) is 2.47. The largest absolute Gasteiger partial charge is 0.422 e. The zero-order valence-corrected chi connectivity index (χ0v) is 10.2. The van der Waals surface area contributed by atoms with E-state index >= 15 is 0 Å². The molecule has 1 aromatic carbocycles. The van der Waals surface area contributed by atoms with Crippen LogP contribution in [0, 0.1) is 6.92 Å². The fourth-order valence-electron chi connectivity index (χ4n) is 1.71. The lowest BCUT2D eigenvalue weighted by Crippen LogP contribution is -2.09. The Morgan fingerprint density at radius 3 is 2.94 bits per heavy atom. The molecule has 2 aromatic heterocycles. The van der Waals surface area contributed by atoms with E-state index in [-0.39, 0.29) is 16.8 Å². The SMILES string of the molecule is Cc1nc2c(=O)[nH]c(-c3cccc(Cl)c3)nc2o1. The molecule has 0 saturated heterocycles. The van der Waals surface area contributed by atoms with E-state index in [1.54, 1.807) is 31.2 Å². The molecule has 0 unspecified atom stereocenters. The molecule has 0 atom stereocenters. The average molecular weight is 262 g/mol. The molecule has 2 heterocycles. The standard InChI is InChI=1S/C12H8ClN3O2/c1-6-14-9-11(17)15-10(16-12(9)18-6)7-3-2-4-8(13)5-7/h2-5H,1H3,(H,15,16,17). The van der Waals surface area contributed by atoms with Crippen LogP contribution in [0.2, 0.25) is 5.02 Å². The van der Waals surface area contributed by atoms with E-state index in [4.69, 9.17) is 16.0 Å². The van der Waals surface area contributed by atoms with Crippen molar-refractivity contribution in [2.24, 2.45) is 0 Å². The maximum Gasteiger partial charge on any atom is 0.281 e. The number of hydrogen-bond donors (Lipinski definition) is 1. The summed E-state index contributed by atoms with van der Waals surface area (Å²) in [6.07, 6.45) is 0. The molecule has 3 aromatic rings. The molecule has 0 bridgehead atoms. The van der Waals surface area contributed by atoms with Gasteiger partial charge in [-0.25, -0.2) is 4.98 Å². The number of H-pyrrole nitrogens is 1. The zero-order chi connectivity index (χ0) is 12.7. The van der Waals surface area contributed by atoms with Gasteiger partial charge in [0.1, 0.15) is 5.82 Å². The van der Waals surface area contributed by atoms with Crippen LogP contribution in [-0.4, -0.2) is 15.0 Å². The van der Waals surface area contributed by atoms with Crippen LogP contribution >= 0.6 is 11.6 Å². The Balaban J connectivity index is 2.27. The molecule has 0 saturated carbocycles. The van der Waals surface area contributed by atoms with Crippen LogP contribution in [0.3, 0.4) is 0 Å². The topological polar surface area (TPSA) is 71.8 Å². The Labute approximate surface area is 106 Å². The van der Waals surface area contributed by atoms with Gasteiger partial charge >= 0.3 is 0 Å². The lowest BCUT2D eigenvalue weighted by atomic mass is 10.2. The molecule has 6 heteroatoms. The Morgan fingerprint density at radius 2 is 2.17 bits per heavy atom. The van der Waals surface area contributed by atoms with Crippen LogP contribution in [0.4, 0.5) is 0 Å². The highest BCUT2D eigenvalue weighted by Gasteiger charge is 2.11. The number of benzene rings is 1. The van der Waals surface area contributed by atoms with Gasteiger partial charge in [-0.1, -0.05) is 23.7 Å². The van der Waals surface area contributed by atoms with Crippen molar-refractivity contribution in [3.8, 4) is 11.4 Å². The summed E-state index contributed by atoms with van der Waals surface area (Å²) in [6.45, 7) is 1.67. The summed E-state index contributed by atoms with van der Waals surface area (Å²) in [6, 6.07) is 7.06. The van der Waals surface area contributed by atoms with E-state index < -0.39 is 0 Å². The smallest absolute Gasteiger partial charge is 0.281 e. The highest BCUT2D eigenvalue weighted by atomic mass is 35.5. The van der Waals surface area contributed by atoms with Crippen molar-refractivity contribution in [3.63, 3.8) is 0 Å². The minimum absolute atomic E-state index is 0.207. The monoisotopic (exact) mass is 261 g/mol. The molecule has 0 radical (unpaired) electrons. The van der Waals surface area contributed by atoms with Gasteiger partial charge in [-0.15, -0.1) is 0 Å². The van der Waals surface area contributed by atoms with Crippen LogP contribution < -0.4 is 5.56 Å². The van der Waals surface area contributed by atoms with Crippen molar-refractivity contribution < 1.29 is 4.42 Å². The molecule has 1 N–H and O–H groups in total. The average Bonchev–Trinajstić information content (AvgIpc) is 2.70. The van der Waals surface area contributed by atoms with Gasteiger partial charge in [0.2, 0.25) is 0 Å². The molecule has 0 spiro atoms. The number of aryl methyl sites for hydroxylation is 1. The lowest BCUT2D eigenvalue weighted by Gasteiger charge is -2.00. The summed E-state index contributed by atoms with van der Waals surface area (Å²) in [5.41, 5.74) is 0.826. The summed E-state index contributed by atoms with van der Waals surface area (Å²) in [5.74, 6) is 0.817. The van der Waals surface area contributed by atoms with E-state index in [1.807, 2.05) is 0 Å². The minimum Gasteiger partial charge on any atom is -0.422 e. The molecule has 0 aliphatic heterocycles. The Bertz CT molecular complexity index is 791. The van der Waals surface area contributed by atoms with E-state index in [2.05, 4.69) is 15.0 Å². The second-order valence-electron chi connectivity index (χ2n) is 3.81. The molecule has 0 aliphatic rings. The first kappa shape index (κ1) is 11.0. The number of oxazole rings is 1. The van der Waals surface area contributed by atoms with Crippen LogP contribution in [0.5, 0.6) is 0 Å². The summed E-state index contributed by atoms with van der Waals surface area (Å²) < 4.78 is 5.27. The zero-order valence-electron chi connectivity index (χ0n) is 9.40. The molecular formula is C12H8ClN3O2. The van der Waals surface area contributed by atoms with Gasteiger partial charge in [0.15, 0.2) is 11.4 Å². The van der Waals surface area contributed by atoms with Gasteiger partial charge in [0, 0.05) is 17.5 Å². The lowest BCUT2D eigenvalue weighted by molar-refractivity contribution is 0.551. The number of aromatic amines is 1. The summed E-state index contributed by atoms with van der Waals surface area (Å²) in [5, 5.41) is 0.573. The van der Waals surface area contributed by atoms with Crippen LogP contribution in [0.1, 0.15) is 5.89 Å². The van der Waals surface area contributed by atoms with Gasteiger partial charge in [0.05, 0.1) is 0 Å². The molecular weight excluding hydrogens is 254 g/mol. The number of hydrogen-bond acceptors (Lipinski definition) is 4. The second-order valence-corrected chi connectivity index (χ2v) is 4.25. The van der Waals surface area contributed by atoms with Gasteiger partial charge in [-0.05, 0) is 12.1 Å². The molecule has 0 fully saturated rings. The van der Waals surface area contributed by atoms with E-state index in [0.29, 0.717) is 16.7 Å². The highest BCUT2D eigenvalue weighted by molar-refractivity contribution is 6.30. The van der Waals surface area contributed by atoms with Crippen LogP contribution in [-0.2, 0) is 0 Å². The first-order valence-electron chi connectivity index (χ1n) is 5.27. The van der Waals surface area contributed by atoms with E-state index in [9.17, 15) is 4.79 Å². The molecule has 0 aliphatic carbocycles. The molecule has 0 amide bonds. The third kappa shape index (κ3) is 1.78. The Kier molecular flexibility index (Phi) is 2.41. The number of halogens is 1. The first-order valence-corrected chi connectivity index (χ1v) is 5.65. The fourth-order valence-corrected chi connectivity index (χ4v) is 1.90. The van der Waals surface area contributed by atoms with Gasteiger partial charge < -0.3 is 9.40 Å². The predicted octanol–water partition coefficient (Wildman–Crippen LogP) is 2.54. The van der Waals surface area contributed by atoms with Crippen LogP contribution in [0.15, 0.2) is 33.5 Å². The minimum atomic E-state index is -0.327. The van der Waals surface area contributed by atoms with Crippen LogP contribution in [0.25, 0.3) is 22.6 Å². The molecule has 3 rings (SSSR count). The molecule has 90 valence electrons. The Morgan fingerprint density at radius 1 is 1.33 bits per heavy atom. The normalized spacial score (nSPS) is 11.0. The molecule has 5 nitrogen and oxygen atoms in total. The van der Waals surface area contributed by atoms with E-state index in [0.717, 1.165) is 5.56 Å². The van der Waals surface area contributed by atoms with Crippen molar-refractivity contribution in [2.75, 3.05) is 0 Å².